The van der Waals surface area contributed by atoms with Crippen molar-refractivity contribution in [1.82, 2.24) is 4.90 Å². The van der Waals surface area contributed by atoms with Crippen molar-refractivity contribution in [2.45, 2.75) is 25.9 Å². The van der Waals surface area contributed by atoms with Gasteiger partial charge in [0, 0.05) is 12.1 Å². The number of rotatable bonds is 6. The third kappa shape index (κ3) is 5.41. The number of nitrogens with zero attached hydrogens (tertiary/aromatic N) is 1. The van der Waals surface area contributed by atoms with E-state index in [0.717, 1.165) is 42.2 Å². The van der Waals surface area contributed by atoms with Crippen LogP contribution in [0.25, 0.3) is 11.1 Å². The number of aryl methyl sites for hydroxylation is 1. The summed E-state index contributed by atoms with van der Waals surface area (Å²) >= 11 is 0. The number of ether oxygens (including phenoxy) is 1. The smallest absolute Gasteiger partial charge is 0.129 e. The molecule has 0 radical (unpaired) electrons. The Hall–Kier alpha value is -2.36. The molecule has 0 saturated heterocycles. The van der Waals surface area contributed by atoms with Crippen LogP contribution in [0.2, 0.25) is 0 Å². The second-order valence-electron chi connectivity index (χ2n) is 8.26. The van der Waals surface area contributed by atoms with Gasteiger partial charge in [-0.05, 0) is 85.8 Å². The highest BCUT2D eigenvalue weighted by Crippen LogP contribution is 2.30. The summed E-state index contributed by atoms with van der Waals surface area (Å²) in [5.41, 5.74) is 5.46. The monoisotopic (exact) mass is 425 g/mol. The van der Waals surface area contributed by atoms with Gasteiger partial charge in [-0.3, -0.25) is 0 Å². The van der Waals surface area contributed by atoms with Crippen molar-refractivity contribution >= 4 is 12.4 Å². The second kappa shape index (κ2) is 10.1. The third-order valence-electron chi connectivity index (χ3n) is 5.68. The van der Waals surface area contributed by atoms with Gasteiger partial charge in [-0.1, -0.05) is 42.5 Å². The van der Waals surface area contributed by atoms with E-state index in [-0.39, 0.29) is 24.8 Å². The molecule has 3 aromatic carbocycles. The molecule has 0 fully saturated rings. The summed E-state index contributed by atoms with van der Waals surface area (Å²) in [7, 11) is 4.27. The highest BCUT2D eigenvalue weighted by atomic mass is 35.5. The van der Waals surface area contributed by atoms with Crippen molar-refractivity contribution in [2.75, 3.05) is 20.6 Å². The highest BCUT2D eigenvalue weighted by Gasteiger charge is 2.19. The van der Waals surface area contributed by atoms with Gasteiger partial charge in [-0.15, -0.1) is 12.4 Å². The Morgan fingerprint density at radius 3 is 2.50 bits per heavy atom. The molecule has 1 atom stereocenters. The van der Waals surface area contributed by atoms with E-state index in [4.69, 9.17) is 4.74 Å². The maximum absolute atomic E-state index is 14.3. The van der Waals surface area contributed by atoms with E-state index in [1.807, 2.05) is 48.5 Å². The van der Waals surface area contributed by atoms with Crippen molar-refractivity contribution in [1.29, 1.82) is 0 Å². The molecule has 158 valence electrons. The molecule has 0 amide bonds. The Bertz CT molecular complexity index is 974. The molecule has 0 aliphatic heterocycles. The summed E-state index contributed by atoms with van der Waals surface area (Å²) in [4.78, 5) is 2.27. The van der Waals surface area contributed by atoms with Crippen molar-refractivity contribution in [2.24, 2.45) is 5.92 Å². The molecule has 0 N–H and O–H groups in total. The van der Waals surface area contributed by atoms with Gasteiger partial charge in [0.2, 0.25) is 0 Å². The lowest BCUT2D eigenvalue weighted by atomic mass is 9.83. The number of halogens is 2. The van der Waals surface area contributed by atoms with Crippen LogP contribution in [-0.2, 0) is 19.4 Å². The molecule has 30 heavy (non-hydrogen) atoms. The van der Waals surface area contributed by atoms with Crippen LogP contribution in [0.15, 0.2) is 66.7 Å². The van der Waals surface area contributed by atoms with Crippen LogP contribution >= 0.6 is 12.4 Å². The quantitative estimate of drug-likeness (QED) is 0.469. The van der Waals surface area contributed by atoms with E-state index >= 15 is 0 Å². The first-order chi connectivity index (χ1) is 14.1. The number of fused-ring (bicyclic) bond motifs is 1. The third-order valence-corrected chi connectivity index (χ3v) is 5.68. The van der Waals surface area contributed by atoms with Gasteiger partial charge in [0.05, 0.1) is 0 Å². The SMILES string of the molecule is CN(C)CC1CCc2cc(OCc3cc(-c4ccccc4)ccc3F)ccc2C1.Cl. The predicted molar refractivity (Wildman–Crippen MR) is 124 cm³/mol. The van der Waals surface area contributed by atoms with E-state index in [1.165, 1.54) is 23.6 Å². The molecule has 1 unspecified atom stereocenters. The number of hydrogen-bond donors (Lipinski definition) is 0. The molecule has 1 aliphatic rings. The zero-order chi connectivity index (χ0) is 20.2. The lowest BCUT2D eigenvalue weighted by Crippen LogP contribution is -2.26. The van der Waals surface area contributed by atoms with E-state index in [9.17, 15) is 4.39 Å². The van der Waals surface area contributed by atoms with Crippen LogP contribution in [0.5, 0.6) is 5.75 Å². The molecule has 4 heteroatoms. The molecule has 0 heterocycles. The molecule has 0 aromatic heterocycles. The molecule has 3 aromatic rings. The minimum atomic E-state index is -0.228. The van der Waals surface area contributed by atoms with Crippen LogP contribution < -0.4 is 4.74 Å². The Morgan fingerprint density at radius 1 is 0.933 bits per heavy atom. The number of hydrogen-bond acceptors (Lipinski definition) is 2. The normalized spacial score (nSPS) is 15.4. The average molecular weight is 426 g/mol. The predicted octanol–water partition coefficient (Wildman–Crippen LogP) is 6.16. The molecule has 0 saturated carbocycles. The zero-order valence-electron chi connectivity index (χ0n) is 17.6. The Kier molecular flexibility index (Phi) is 7.52. The zero-order valence-corrected chi connectivity index (χ0v) is 18.4. The van der Waals surface area contributed by atoms with E-state index in [1.54, 1.807) is 0 Å². The standard InChI is InChI=1S/C26H28FNO.ClH/c1-28(2)17-19-8-9-23-16-25(12-10-21(23)14-19)29-18-24-15-22(11-13-26(24)27)20-6-4-3-5-7-20;/h3-7,10-13,15-16,19H,8-9,14,17-18H2,1-2H3;1H. The van der Waals surface area contributed by atoms with Gasteiger partial charge in [0.25, 0.3) is 0 Å². The van der Waals surface area contributed by atoms with Crippen molar-refractivity contribution in [3.63, 3.8) is 0 Å². The van der Waals surface area contributed by atoms with Crippen LogP contribution in [0.1, 0.15) is 23.1 Å². The van der Waals surface area contributed by atoms with E-state index in [2.05, 4.69) is 31.1 Å². The summed E-state index contributed by atoms with van der Waals surface area (Å²) in [5.74, 6) is 1.31. The summed E-state index contributed by atoms with van der Waals surface area (Å²) < 4.78 is 20.3. The molecule has 0 bridgehead atoms. The Morgan fingerprint density at radius 2 is 1.73 bits per heavy atom. The van der Waals surface area contributed by atoms with Crippen LogP contribution in [0.3, 0.4) is 0 Å². The van der Waals surface area contributed by atoms with Crippen molar-refractivity contribution in [3.05, 3.63) is 89.2 Å². The summed E-state index contributed by atoms with van der Waals surface area (Å²) in [6, 6.07) is 21.6. The fraction of sp³-hybridized carbons (Fsp3) is 0.308. The Balaban J connectivity index is 0.00000256. The van der Waals surface area contributed by atoms with Crippen LogP contribution in [0, 0.1) is 11.7 Å². The molecular weight excluding hydrogens is 397 g/mol. The summed E-state index contributed by atoms with van der Waals surface area (Å²) in [6.45, 7) is 1.36. The lowest BCUT2D eigenvalue weighted by Gasteiger charge is -2.27. The Labute approximate surface area is 185 Å². The van der Waals surface area contributed by atoms with Crippen molar-refractivity contribution in [3.8, 4) is 16.9 Å². The van der Waals surface area contributed by atoms with Crippen molar-refractivity contribution < 1.29 is 9.13 Å². The first-order valence-corrected chi connectivity index (χ1v) is 10.3. The topological polar surface area (TPSA) is 12.5 Å². The van der Waals surface area contributed by atoms with Gasteiger partial charge in [-0.25, -0.2) is 4.39 Å². The highest BCUT2D eigenvalue weighted by molar-refractivity contribution is 5.85. The molecular formula is C26H29ClFNO. The second-order valence-corrected chi connectivity index (χ2v) is 8.26. The van der Waals surface area contributed by atoms with Gasteiger partial charge in [0.15, 0.2) is 0 Å². The first-order valence-electron chi connectivity index (χ1n) is 10.3. The summed E-state index contributed by atoms with van der Waals surface area (Å²) in [6.07, 6.45) is 3.42. The molecule has 4 rings (SSSR count). The van der Waals surface area contributed by atoms with Crippen LogP contribution in [-0.4, -0.2) is 25.5 Å². The van der Waals surface area contributed by atoms with E-state index in [0.29, 0.717) is 5.56 Å². The largest absolute Gasteiger partial charge is 0.489 e. The fourth-order valence-electron chi connectivity index (χ4n) is 4.23. The minimum absolute atomic E-state index is 0. The molecule has 2 nitrogen and oxygen atoms in total. The average Bonchev–Trinajstić information content (AvgIpc) is 2.73. The minimum Gasteiger partial charge on any atom is -0.489 e. The number of benzene rings is 3. The van der Waals surface area contributed by atoms with Gasteiger partial charge in [0.1, 0.15) is 18.2 Å². The summed E-state index contributed by atoms with van der Waals surface area (Å²) in [5, 5.41) is 0. The van der Waals surface area contributed by atoms with Crippen LogP contribution in [0.4, 0.5) is 4.39 Å². The van der Waals surface area contributed by atoms with Gasteiger partial charge >= 0.3 is 0 Å². The molecule has 0 spiro atoms. The van der Waals surface area contributed by atoms with Gasteiger partial charge in [-0.2, -0.15) is 0 Å². The first kappa shape index (κ1) is 22.3. The lowest BCUT2D eigenvalue weighted by molar-refractivity contribution is 0.294. The maximum atomic E-state index is 14.3. The van der Waals surface area contributed by atoms with Gasteiger partial charge < -0.3 is 9.64 Å². The fourth-order valence-corrected chi connectivity index (χ4v) is 4.23. The van der Waals surface area contributed by atoms with E-state index < -0.39 is 0 Å². The molecule has 1 aliphatic carbocycles. The maximum Gasteiger partial charge on any atom is 0.129 e.